The van der Waals surface area contributed by atoms with Crippen LogP contribution < -0.4 is 15.8 Å². The van der Waals surface area contributed by atoms with Crippen LogP contribution in [0.4, 0.5) is 0 Å². The Morgan fingerprint density at radius 3 is 2.35 bits per heavy atom. The molecule has 0 heterocycles. The highest BCUT2D eigenvalue weighted by Gasteiger charge is 2.09. The van der Waals surface area contributed by atoms with Gasteiger partial charge in [-0.3, -0.25) is 9.59 Å². The molecule has 0 fully saturated rings. The van der Waals surface area contributed by atoms with E-state index in [1.54, 1.807) is 24.3 Å². The average Bonchev–Trinajstić information content (AvgIpc) is 2.56. The predicted octanol–water partition coefficient (Wildman–Crippen LogP) is 2.43. The van der Waals surface area contributed by atoms with Crippen LogP contribution in [0.3, 0.4) is 0 Å². The van der Waals surface area contributed by atoms with E-state index in [1.807, 2.05) is 37.3 Å². The molecule has 0 saturated carbocycles. The molecule has 120 valence electrons. The topological polar surface area (TPSA) is 81.4 Å². The summed E-state index contributed by atoms with van der Waals surface area (Å²) in [6.45, 7) is 2.21. The van der Waals surface area contributed by atoms with Gasteiger partial charge in [0.15, 0.2) is 0 Å². The molecule has 0 unspecified atom stereocenters. The molecule has 5 nitrogen and oxygen atoms in total. The minimum atomic E-state index is -0.441. The van der Waals surface area contributed by atoms with Gasteiger partial charge < -0.3 is 15.8 Å². The van der Waals surface area contributed by atoms with E-state index in [1.165, 1.54) is 0 Å². The Morgan fingerprint density at radius 1 is 1.09 bits per heavy atom. The van der Waals surface area contributed by atoms with Crippen molar-refractivity contribution in [1.29, 1.82) is 0 Å². The highest BCUT2D eigenvalue weighted by Crippen LogP contribution is 2.21. The zero-order chi connectivity index (χ0) is 16.7. The Morgan fingerprint density at radius 2 is 1.74 bits per heavy atom. The normalized spacial score (nSPS) is 11.5. The number of amides is 2. The number of hydrogen-bond donors (Lipinski definition) is 2. The maximum Gasteiger partial charge on any atom is 0.251 e. The number of rotatable bonds is 7. The van der Waals surface area contributed by atoms with Crippen molar-refractivity contribution in [3.05, 3.63) is 65.7 Å². The molecule has 2 amide bonds. The van der Waals surface area contributed by atoms with E-state index >= 15 is 0 Å². The lowest BCUT2D eigenvalue weighted by Gasteiger charge is -2.15. The van der Waals surface area contributed by atoms with Crippen molar-refractivity contribution in [3.8, 4) is 5.75 Å². The van der Waals surface area contributed by atoms with Gasteiger partial charge in [-0.25, -0.2) is 0 Å². The van der Waals surface area contributed by atoms with Crippen molar-refractivity contribution < 1.29 is 14.3 Å². The van der Waals surface area contributed by atoms with Crippen LogP contribution in [0.2, 0.25) is 0 Å². The zero-order valence-corrected chi connectivity index (χ0v) is 13.0. The van der Waals surface area contributed by atoms with Crippen molar-refractivity contribution in [2.75, 3.05) is 6.54 Å². The fraction of sp³-hybridized carbons (Fsp3) is 0.222. The van der Waals surface area contributed by atoms with E-state index in [2.05, 4.69) is 5.32 Å². The number of nitrogens with one attached hydrogen (secondary N) is 1. The van der Waals surface area contributed by atoms with Crippen LogP contribution in [0.25, 0.3) is 0 Å². The summed E-state index contributed by atoms with van der Waals surface area (Å²) in [5.74, 6) is 0.00731. The Balaban J connectivity index is 1.91. The van der Waals surface area contributed by atoms with E-state index in [4.69, 9.17) is 10.5 Å². The molecule has 0 aliphatic rings. The third-order valence-corrected chi connectivity index (χ3v) is 3.36. The number of primary amides is 1. The fourth-order valence-corrected chi connectivity index (χ4v) is 2.08. The highest BCUT2D eigenvalue weighted by atomic mass is 16.5. The molecule has 0 radical (unpaired) electrons. The third kappa shape index (κ3) is 5.14. The van der Waals surface area contributed by atoms with E-state index in [9.17, 15) is 9.59 Å². The van der Waals surface area contributed by atoms with Crippen LogP contribution in [0.1, 0.15) is 35.4 Å². The number of carbonyl (C=O) groups excluding carboxylic acids is 2. The van der Waals surface area contributed by atoms with Crippen molar-refractivity contribution in [3.63, 3.8) is 0 Å². The summed E-state index contributed by atoms with van der Waals surface area (Å²) in [7, 11) is 0. The van der Waals surface area contributed by atoms with Crippen LogP contribution in [0, 0.1) is 0 Å². The average molecular weight is 312 g/mol. The summed E-state index contributed by atoms with van der Waals surface area (Å²) in [6.07, 6.45) is 0.0491. The largest absolute Gasteiger partial charge is 0.486 e. The van der Waals surface area contributed by atoms with E-state index in [-0.39, 0.29) is 25.0 Å². The Kier molecular flexibility index (Phi) is 5.74. The Hall–Kier alpha value is -2.82. The molecule has 2 aromatic rings. The first-order chi connectivity index (χ1) is 11.1. The quantitative estimate of drug-likeness (QED) is 0.824. The van der Waals surface area contributed by atoms with Gasteiger partial charge in [0.2, 0.25) is 5.91 Å². The van der Waals surface area contributed by atoms with Gasteiger partial charge in [-0.15, -0.1) is 0 Å². The van der Waals surface area contributed by atoms with Crippen molar-refractivity contribution >= 4 is 11.8 Å². The van der Waals surface area contributed by atoms with Gasteiger partial charge in [-0.1, -0.05) is 30.3 Å². The molecule has 2 rings (SSSR count). The molecule has 0 aliphatic carbocycles. The number of ether oxygens (including phenoxy) is 1. The summed E-state index contributed by atoms with van der Waals surface area (Å²) in [5.41, 5.74) is 6.62. The first-order valence-electron chi connectivity index (χ1n) is 7.44. The van der Waals surface area contributed by atoms with Gasteiger partial charge in [0.25, 0.3) is 5.91 Å². The zero-order valence-electron chi connectivity index (χ0n) is 13.0. The lowest BCUT2D eigenvalue weighted by atomic mass is 10.1. The molecule has 0 bridgehead atoms. The molecule has 2 aromatic carbocycles. The second kappa shape index (κ2) is 7.98. The molecule has 0 spiro atoms. The minimum Gasteiger partial charge on any atom is -0.486 e. The van der Waals surface area contributed by atoms with Gasteiger partial charge in [0.05, 0.1) is 0 Å². The maximum absolute atomic E-state index is 11.9. The molecular weight excluding hydrogens is 292 g/mol. The van der Waals surface area contributed by atoms with Crippen molar-refractivity contribution in [2.24, 2.45) is 5.73 Å². The number of hydrogen-bond acceptors (Lipinski definition) is 3. The number of benzene rings is 2. The SMILES string of the molecule is C[C@H](Oc1ccc(C(=O)NCCC(N)=O)cc1)c1ccccc1. The molecule has 23 heavy (non-hydrogen) atoms. The lowest BCUT2D eigenvalue weighted by molar-refractivity contribution is -0.117. The molecule has 1 atom stereocenters. The number of carbonyl (C=O) groups is 2. The van der Waals surface area contributed by atoms with Gasteiger partial charge >= 0.3 is 0 Å². The Labute approximate surface area is 135 Å². The highest BCUT2D eigenvalue weighted by molar-refractivity contribution is 5.94. The molecule has 0 aliphatic heterocycles. The lowest BCUT2D eigenvalue weighted by Crippen LogP contribution is -2.27. The number of nitrogens with two attached hydrogens (primary N) is 1. The standard InChI is InChI=1S/C18H20N2O3/c1-13(14-5-3-2-4-6-14)23-16-9-7-15(8-10-16)18(22)20-12-11-17(19)21/h2-10,13H,11-12H2,1H3,(H2,19,21)(H,20,22)/t13-/m0/s1. The molecule has 0 aromatic heterocycles. The third-order valence-electron chi connectivity index (χ3n) is 3.36. The summed E-state index contributed by atoms with van der Waals surface area (Å²) in [6, 6.07) is 16.8. The second-order valence-corrected chi connectivity index (χ2v) is 5.17. The van der Waals surface area contributed by atoms with Crippen LogP contribution in [-0.4, -0.2) is 18.4 Å². The molecule has 5 heteroatoms. The first kappa shape index (κ1) is 16.5. The molecular formula is C18H20N2O3. The van der Waals surface area contributed by atoms with Gasteiger partial charge in [0.1, 0.15) is 11.9 Å². The Bertz CT molecular complexity index is 654. The second-order valence-electron chi connectivity index (χ2n) is 5.17. The molecule has 3 N–H and O–H groups in total. The van der Waals surface area contributed by atoms with E-state index < -0.39 is 5.91 Å². The van der Waals surface area contributed by atoms with Crippen LogP contribution in [0.5, 0.6) is 5.75 Å². The smallest absolute Gasteiger partial charge is 0.251 e. The van der Waals surface area contributed by atoms with Crippen molar-refractivity contribution in [1.82, 2.24) is 5.32 Å². The van der Waals surface area contributed by atoms with Gasteiger partial charge in [-0.05, 0) is 36.8 Å². The van der Waals surface area contributed by atoms with Gasteiger partial charge in [0, 0.05) is 18.5 Å². The monoisotopic (exact) mass is 312 g/mol. The summed E-state index contributed by atoms with van der Waals surface area (Å²) < 4.78 is 5.85. The van der Waals surface area contributed by atoms with Gasteiger partial charge in [-0.2, -0.15) is 0 Å². The van der Waals surface area contributed by atoms with E-state index in [0.717, 1.165) is 5.56 Å². The van der Waals surface area contributed by atoms with E-state index in [0.29, 0.717) is 11.3 Å². The summed E-state index contributed by atoms with van der Waals surface area (Å²) >= 11 is 0. The van der Waals surface area contributed by atoms with Crippen LogP contribution >= 0.6 is 0 Å². The summed E-state index contributed by atoms with van der Waals surface area (Å²) in [4.78, 5) is 22.5. The minimum absolute atomic E-state index is 0.0774. The van der Waals surface area contributed by atoms with Crippen LogP contribution in [0.15, 0.2) is 54.6 Å². The molecule has 0 saturated heterocycles. The summed E-state index contributed by atoms with van der Waals surface area (Å²) in [5, 5.41) is 2.64. The predicted molar refractivity (Wildman–Crippen MR) is 88.1 cm³/mol. The van der Waals surface area contributed by atoms with Crippen LogP contribution in [-0.2, 0) is 4.79 Å². The maximum atomic E-state index is 11.9. The first-order valence-corrected chi connectivity index (χ1v) is 7.44. The fourth-order valence-electron chi connectivity index (χ4n) is 2.08. The van der Waals surface area contributed by atoms with Crippen molar-refractivity contribution in [2.45, 2.75) is 19.4 Å².